The Morgan fingerprint density at radius 2 is 1.88 bits per heavy atom. The summed E-state index contributed by atoms with van der Waals surface area (Å²) in [5, 5.41) is 4.17. The molecule has 0 saturated carbocycles. The van der Waals surface area contributed by atoms with E-state index in [4.69, 9.17) is 4.74 Å². The van der Waals surface area contributed by atoms with Crippen molar-refractivity contribution in [2.75, 3.05) is 19.0 Å². The van der Waals surface area contributed by atoms with Crippen LogP contribution in [0, 0.1) is 19.7 Å². The number of carbonyl (C=O) groups excluding carboxylic acids is 1. The second-order valence-corrected chi connectivity index (χ2v) is 8.57. The molecule has 0 aliphatic carbocycles. The Morgan fingerprint density at radius 3 is 2.61 bits per heavy atom. The van der Waals surface area contributed by atoms with Gasteiger partial charge in [0.2, 0.25) is 0 Å². The number of nitrogens with zero attached hydrogens (tertiary/aromatic N) is 1. The molecular weight excluding hydrogens is 417 g/mol. The van der Waals surface area contributed by atoms with E-state index in [1.807, 2.05) is 55.1 Å². The van der Waals surface area contributed by atoms with Gasteiger partial charge in [0.05, 0.1) is 13.2 Å². The number of methoxy groups -OCH3 is 1. The molecule has 5 rings (SSSR count). The van der Waals surface area contributed by atoms with Gasteiger partial charge in [-0.25, -0.2) is 9.18 Å². The molecule has 168 valence electrons. The third kappa shape index (κ3) is 3.82. The summed E-state index contributed by atoms with van der Waals surface area (Å²) in [4.78, 5) is 18.8. The zero-order valence-electron chi connectivity index (χ0n) is 18.9. The molecule has 1 aliphatic heterocycles. The van der Waals surface area contributed by atoms with Crippen LogP contribution in [0.25, 0.3) is 10.9 Å². The zero-order chi connectivity index (χ0) is 23.1. The first kappa shape index (κ1) is 21.1. The largest absolute Gasteiger partial charge is 0.497 e. The lowest BCUT2D eigenvalue weighted by Crippen LogP contribution is -2.43. The van der Waals surface area contributed by atoms with Gasteiger partial charge in [-0.05, 0) is 73.4 Å². The smallest absolute Gasteiger partial charge is 0.322 e. The number of anilines is 1. The van der Waals surface area contributed by atoms with Crippen molar-refractivity contribution < 1.29 is 13.9 Å². The number of halogens is 1. The van der Waals surface area contributed by atoms with Crippen molar-refractivity contribution in [2.24, 2.45) is 0 Å². The van der Waals surface area contributed by atoms with E-state index >= 15 is 0 Å². The Kier molecular flexibility index (Phi) is 5.29. The minimum Gasteiger partial charge on any atom is -0.497 e. The number of aryl methyl sites for hydroxylation is 2. The van der Waals surface area contributed by atoms with Crippen LogP contribution in [-0.2, 0) is 6.42 Å². The second-order valence-electron chi connectivity index (χ2n) is 8.57. The first-order valence-electron chi connectivity index (χ1n) is 11.0. The van der Waals surface area contributed by atoms with Gasteiger partial charge >= 0.3 is 6.03 Å². The Morgan fingerprint density at radius 1 is 1.09 bits per heavy atom. The summed E-state index contributed by atoms with van der Waals surface area (Å²) in [6.45, 7) is 4.55. The minimum atomic E-state index is -0.363. The van der Waals surface area contributed by atoms with Crippen LogP contribution in [-0.4, -0.2) is 29.6 Å². The Labute approximate surface area is 192 Å². The fourth-order valence-electron chi connectivity index (χ4n) is 4.75. The fraction of sp³-hybridized carbons (Fsp3) is 0.222. The van der Waals surface area contributed by atoms with E-state index in [-0.39, 0.29) is 17.9 Å². The van der Waals surface area contributed by atoms with E-state index in [1.54, 1.807) is 19.2 Å². The van der Waals surface area contributed by atoms with Gasteiger partial charge in [0.15, 0.2) is 0 Å². The highest BCUT2D eigenvalue weighted by molar-refractivity contribution is 5.92. The number of hydrogen-bond donors (Lipinski definition) is 2. The number of fused-ring (bicyclic) bond motifs is 3. The van der Waals surface area contributed by atoms with E-state index in [2.05, 4.69) is 10.3 Å². The van der Waals surface area contributed by atoms with E-state index < -0.39 is 0 Å². The SMILES string of the molecule is COc1ccc2[nH]c3c(c2c1)CCN(C(=O)Nc1ccc(C)cc1C)C3c1ccc(F)cc1. The molecule has 0 saturated heterocycles. The summed E-state index contributed by atoms with van der Waals surface area (Å²) in [5.41, 5.74) is 6.90. The highest BCUT2D eigenvalue weighted by Gasteiger charge is 2.35. The van der Waals surface area contributed by atoms with Crippen LogP contribution < -0.4 is 10.1 Å². The molecular formula is C27H26FN3O2. The molecule has 5 nitrogen and oxygen atoms in total. The van der Waals surface area contributed by atoms with Gasteiger partial charge in [0.25, 0.3) is 0 Å². The molecule has 3 aromatic carbocycles. The number of hydrogen-bond acceptors (Lipinski definition) is 2. The van der Waals surface area contributed by atoms with E-state index in [9.17, 15) is 9.18 Å². The summed E-state index contributed by atoms with van der Waals surface area (Å²) in [7, 11) is 1.65. The molecule has 0 bridgehead atoms. The van der Waals surface area contributed by atoms with Gasteiger partial charge in [-0.3, -0.25) is 0 Å². The van der Waals surface area contributed by atoms with E-state index in [1.165, 1.54) is 12.1 Å². The third-order valence-corrected chi connectivity index (χ3v) is 6.40. The zero-order valence-corrected chi connectivity index (χ0v) is 18.9. The molecule has 4 aromatic rings. The lowest BCUT2D eigenvalue weighted by molar-refractivity contribution is 0.193. The van der Waals surface area contributed by atoms with Crippen molar-refractivity contribution in [3.05, 3.63) is 94.4 Å². The highest BCUT2D eigenvalue weighted by Crippen LogP contribution is 2.39. The molecule has 33 heavy (non-hydrogen) atoms. The molecule has 1 aliphatic rings. The van der Waals surface area contributed by atoms with Crippen LogP contribution in [0.4, 0.5) is 14.9 Å². The summed E-state index contributed by atoms with van der Waals surface area (Å²) in [6, 6.07) is 17.7. The van der Waals surface area contributed by atoms with Gasteiger partial charge in [0.1, 0.15) is 11.6 Å². The summed E-state index contributed by atoms with van der Waals surface area (Å²) >= 11 is 0. The van der Waals surface area contributed by atoms with Gasteiger partial charge in [-0.1, -0.05) is 29.8 Å². The number of ether oxygens (including phenoxy) is 1. The molecule has 0 spiro atoms. The maximum atomic E-state index is 13.7. The fourth-order valence-corrected chi connectivity index (χ4v) is 4.75. The monoisotopic (exact) mass is 443 g/mol. The van der Waals surface area contributed by atoms with Crippen LogP contribution in [0.1, 0.15) is 34.0 Å². The molecule has 1 aromatic heterocycles. The second kappa shape index (κ2) is 8.28. The van der Waals surface area contributed by atoms with Crippen LogP contribution in [0.15, 0.2) is 60.7 Å². The first-order valence-corrected chi connectivity index (χ1v) is 11.0. The van der Waals surface area contributed by atoms with E-state index in [0.29, 0.717) is 13.0 Å². The summed E-state index contributed by atoms with van der Waals surface area (Å²) in [6.07, 6.45) is 0.709. The Balaban J connectivity index is 1.58. The molecule has 0 fully saturated rings. The number of carbonyl (C=O) groups is 1. The number of rotatable bonds is 3. The number of H-pyrrole nitrogens is 1. The maximum absolute atomic E-state index is 13.7. The van der Waals surface area contributed by atoms with Crippen LogP contribution in [0.2, 0.25) is 0 Å². The number of amides is 2. The molecule has 2 N–H and O–H groups in total. The molecule has 2 heterocycles. The summed E-state index contributed by atoms with van der Waals surface area (Å²) < 4.78 is 19.1. The Bertz CT molecular complexity index is 1340. The molecule has 1 atom stereocenters. The highest BCUT2D eigenvalue weighted by atomic mass is 19.1. The Hall–Kier alpha value is -3.80. The lowest BCUT2D eigenvalue weighted by Gasteiger charge is -2.36. The number of nitrogens with one attached hydrogen (secondary N) is 2. The first-order chi connectivity index (χ1) is 15.9. The van der Waals surface area contributed by atoms with Crippen molar-refractivity contribution in [1.82, 2.24) is 9.88 Å². The molecule has 2 amide bonds. The van der Waals surface area contributed by atoms with Crippen molar-refractivity contribution in [1.29, 1.82) is 0 Å². The van der Waals surface area contributed by atoms with Crippen LogP contribution >= 0.6 is 0 Å². The minimum absolute atomic E-state index is 0.182. The number of urea groups is 1. The maximum Gasteiger partial charge on any atom is 0.322 e. The van der Waals surface area contributed by atoms with Crippen LogP contribution in [0.5, 0.6) is 5.75 Å². The number of benzene rings is 3. The topological polar surface area (TPSA) is 57.4 Å². The molecule has 6 heteroatoms. The number of aromatic nitrogens is 1. The van der Waals surface area contributed by atoms with E-state index in [0.717, 1.165) is 50.3 Å². The van der Waals surface area contributed by atoms with Crippen molar-refractivity contribution >= 4 is 22.6 Å². The van der Waals surface area contributed by atoms with Gasteiger partial charge in [-0.15, -0.1) is 0 Å². The third-order valence-electron chi connectivity index (χ3n) is 6.40. The van der Waals surface area contributed by atoms with Gasteiger partial charge < -0.3 is 19.9 Å². The van der Waals surface area contributed by atoms with Crippen molar-refractivity contribution in [3.8, 4) is 5.75 Å². The normalized spacial score (nSPS) is 15.4. The van der Waals surface area contributed by atoms with Crippen molar-refractivity contribution in [3.63, 3.8) is 0 Å². The predicted octanol–water partition coefficient (Wildman–Crippen LogP) is 6.11. The lowest BCUT2D eigenvalue weighted by atomic mass is 9.92. The predicted molar refractivity (Wildman–Crippen MR) is 128 cm³/mol. The average Bonchev–Trinajstić information content (AvgIpc) is 3.18. The molecule has 0 radical (unpaired) electrons. The van der Waals surface area contributed by atoms with Crippen LogP contribution in [0.3, 0.4) is 0 Å². The standard InChI is InChI=1S/C27H26FN3O2/c1-16-4-10-23(17(2)14-16)30-27(32)31-13-12-21-22-15-20(33-3)9-11-24(22)29-25(21)26(31)18-5-7-19(28)8-6-18/h4-11,14-15,26,29H,12-13H2,1-3H3,(H,30,32). The quantitative estimate of drug-likeness (QED) is 0.401. The average molecular weight is 444 g/mol. The number of aromatic amines is 1. The summed E-state index contributed by atoms with van der Waals surface area (Å²) in [5.74, 6) is 0.486. The van der Waals surface area contributed by atoms with Crippen molar-refractivity contribution in [2.45, 2.75) is 26.3 Å². The molecule has 1 unspecified atom stereocenters. The van der Waals surface area contributed by atoms with Gasteiger partial charge in [0, 0.05) is 28.8 Å². The van der Waals surface area contributed by atoms with Gasteiger partial charge in [-0.2, -0.15) is 0 Å².